The zero-order valence-electron chi connectivity index (χ0n) is 18.9. The van der Waals surface area contributed by atoms with Crippen LogP contribution in [0.15, 0.2) is 61.5 Å². The van der Waals surface area contributed by atoms with Gasteiger partial charge < -0.3 is 4.42 Å². The lowest BCUT2D eigenvalue weighted by molar-refractivity contribution is 0.0736. The minimum atomic E-state index is -0.692. The van der Waals surface area contributed by atoms with Gasteiger partial charge in [-0.1, -0.05) is 48.3 Å². The van der Waals surface area contributed by atoms with Crippen LogP contribution in [0.3, 0.4) is 0 Å². The van der Waals surface area contributed by atoms with Gasteiger partial charge in [0.25, 0.3) is 17.4 Å². The second kappa shape index (κ2) is 10.3. The van der Waals surface area contributed by atoms with Gasteiger partial charge in [-0.25, -0.2) is 4.98 Å². The summed E-state index contributed by atoms with van der Waals surface area (Å²) < 4.78 is 8.95. The SMILES string of the molecule is CC(C)(C)C(=O)n1nc(-c2cc(Br)cc(=O)n2CC(=O)c2ncco2)cc1SCc1ccc(Cl)s1. The van der Waals surface area contributed by atoms with Crippen molar-refractivity contribution in [3.63, 3.8) is 0 Å². The van der Waals surface area contributed by atoms with Crippen LogP contribution in [0.1, 0.15) is 41.1 Å². The smallest absolute Gasteiger partial charge is 0.264 e. The van der Waals surface area contributed by atoms with Crippen molar-refractivity contribution in [2.45, 2.75) is 38.1 Å². The molecule has 0 fully saturated rings. The van der Waals surface area contributed by atoms with Gasteiger partial charge >= 0.3 is 0 Å². The Labute approximate surface area is 222 Å². The van der Waals surface area contributed by atoms with Gasteiger partial charge in [0.1, 0.15) is 17.0 Å². The number of rotatable bonds is 7. The quantitative estimate of drug-likeness (QED) is 0.190. The Morgan fingerprint density at radius 1 is 1.23 bits per heavy atom. The van der Waals surface area contributed by atoms with Gasteiger partial charge in [0.15, 0.2) is 0 Å². The monoisotopic (exact) mass is 594 g/mol. The third-order valence-electron chi connectivity index (χ3n) is 4.83. The summed E-state index contributed by atoms with van der Waals surface area (Å²) >= 11 is 12.3. The molecule has 0 aliphatic rings. The Balaban J connectivity index is 1.77. The molecule has 0 unspecified atom stereocenters. The first-order chi connectivity index (χ1) is 16.5. The van der Waals surface area contributed by atoms with E-state index in [1.807, 2.05) is 32.9 Å². The highest BCUT2D eigenvalue weighted by molar-refractivity contribution is 9.10. The number of halogens is 2. The number of carbonyl (C=O) groups excluding carboxylic acids is 2. The summed E-state index contributed by atoms with van der Waals surface area (Å²) in [5.74, 6) is -0.163. The Hall–Kier alpha value is -2.47. The Kier molecular flexibility index (Phi) is 7.51. The summed E-state index contributed by atoms with van der Waals surface area (Å²) in [6.45, 7) is 5.15. The molecular formula is C23H20BrClN4O4S2. The highest BCUT2D eigenvalue weighted by atomic mass is 79.9. The van der Waals surface area contributed by atoms with Gasteiger partial charge in [-0.15, -0.1) is 23.1 Å². The van der Waals surface area contributed by atoms with Gasteiger partial charge in [0.05, 0.1) is 22.8 Å². The molecule has 4 aromatic heterocycles. The minimum Gasteiger partial charge on any atom is -0.442 e. The molecule has 0 aliphatic carbocycles. The molecule has 0 spiro atoms. The first-order valence-corrected chi connectivity index (χ1v) is 13.4. The highest BCUT2D eigenvalue weighted by Gasteiger charge is 2.28. The van der Waals surface area contributed by atoms with E-state index in [2.05, 4.69) is 26.0 Å². The van der Waals surface area contributed by atoms with Crippen LogP contribution in [-0.2, 0) is 12.3 Å². The van der Waals surface area contributed by atoms with Gasteiger partial charge in [-0.2, -0.15) is 9.78 Å². The fourth-order valence-corrected chi connectivity index (χ4v) is 5.68. The molecule has 35 heavy (non-hydrogen) atoms. The number of Topliss-reactive ketones (excluding diaryl/α,β-unsaturated/α-hetero) is 1. The molecule has 0 aliphatic heterocycles. The van der Waals surface area contributed by atoms with E-state index in [1.165, 1.54) is 50.9 Å². The summed E-state index contributed by atoms with van der Waals surface area (Å²) in [7, 11) is 0. The second-order valence-electron chi connectivity index (χ2n) is 8.57. The number of thioether (sulfide) groups is 1. The molecule has 4 aromatic rings. The molecule has 0 bridgehead atoms. The van der Waals surface area contributed by atoms with Gasteiger partial charge in [-0.05, 0) is 18.2 Å². The standard InChI is InChI=1S/C23H20BrClN4O4S2/c1-23(2,3)22(32)29-20(34-12-14-4-5-18(25)35-14)10-15(27-29)16-8-13(24)9-19(31)28(16)11-17(30)21-26-6-7-33-21/h4-10H,11-12H2,1-3H3. The van der Waals surface area contributed by atoms with E-state index in [4.69, 9.17) is 16.0 Å². The van der Waals surface area contributed by atoms with Crippen LogP contribution < -0.4 is 5.56 Å². The van der Waals surface area contributed by atoms with Crippen LogP contribution in [-0.4, -0.2) is 31.0 Å². The lowest BCUT2D eigenvalue weighted by Gasteiger charge is -2.17. The van der Waals surface area contributed by atoms with E-state index in [1.54, 1.807) is 12.1 Å². The number of aromatic nitrogens is 4. The van der Waals surface area contributed by atoms with Crippen molar-refractivity contribution in [3.05, 3.63) is 72.7 Å². The number of ketones is 1. The topological polar surface area (TPSA) is 100.0 Å². The van der Waals surface area contributed by atoms with Crippen LogP contribution in [0.4, 0.5) is 0 Å². The number of carbonyl (C=O) groups is 2. The molecule has 4 rings (SSSR count). The molecule has 12 heteroatoms. The molecule has 0 aromatic carbocycles. The predicted octanol–water partition coefficient (Wildman–Crippen LogP) is 6.04. The van der Waals surface area contributed by atoms with Crippen LogP contribution in [0, 0.1) is 5.41 Å². The summed E-state index contributed by atoms with van der Waals surface area (Å²) in [5, 5.41) is 5.18. The van der Waals surface area contributed by atoms with E-state index in [0.717, 1.165) is 4.88 Å². The van der Waals surface area contributed by atoms with E-state index >= 15 is 0 Å². The van der Waals surface area contributed by atoms with Crippen molar-refractivity contribution < 1.29 is 14.0 Å². The largest absolute Gasteiger partial charge is 0.442 e. The summed E-state index contributed by atoms with van der Waals surface area (Å²) in [5.41, 5.74) is -0.338. The molecule has 4 heterocycles. The Bertz CT molecular complexity index is 1450. The van der Waals surface area contributed by atoms with Crippen LogP contribution in [0.2, 0.25) is 4.34 Å². The number of pyridine rings is 1. The molecule has 0 N–H and O–H groups in total. The average Bonchev–Trinajstić information content (AvgIpc) is 3.53. The zero-order valence-corrected chi connectivity index (χ0v) is 22.9. The number of hydrogen-bond donors (Lipinski definition) is 0. The fraction of sp³-hybridized carbons (Fsp3) is 0.261. The van der Waals surface area contributed by atoms with Crippen molar-refractivity contribution in [1.29, 1.82) is 0 Å². The van der Waals surface area contributed by atoms with Crippen molar-refractivity contribution in [2.24, 2.45) is 5.41 Å². The number of hydrogen-bond acceptors (Lipinski definition) is 8. The van der Waals surface area contributed by atoms with E-state index < -0.39 is 16.8 Å². The molecule has 0 amide bonds. The van der Waals surface area contributed by atoms with Crippen LogP contribution in [0.5, 0.6) is 0 Å². The average molecular weight is 596 g/mol. The first-order valence-electron chi connectivity index (χ1n) is 10.4. The molecule has 0 radical (unpaired) electrons. The Morgan fingerprint density at radius 2 is 2.00 bits per heavy atom. The zero-order chi connectivity index (χ0) is 25.3. The maximum atomic E-state index is 13.2. The summed E-state index contributed by atoms with van der Waals surface area (Å²) in [6, 6.07) is 8.56. The van der Waals surface area contributed by atoms with Crippen molar-refractivity contribution in [1.82, 2.24) is 19.3 Å². The summed E-state index contributed by atoms with van der Waals surface area (Å²) in [6.07, 6.45) is 2.66. The molecule has 8 nitrogen and oxygen atoms in total. The lowest BCUT2D eigenvalue weighted by Crippen LogP contribution is -2.28. The minimum absolute atomic E-state index is 0.0925. The summed E-state index contributed by atoms with van der Waals surface area (Å²) in [4.78, 5) is 43.6. The van der Waals surface area contributed by atoms with E-state index in [9.17, 15) is 14.4 Å². The Morgan fingerprint density at radius 3 is 2.63 bits per heavy atom. The van der Waals surface area contributed by atoms with Gasteiger partial charge in [0.2, 0.25) is 5.78 Å². The maximum Gasteiger partial charge on any atom is 0.264 e. The normalized spacial score (nSPS) is 11.7. The lowest BCUT2D eigenvalue weighted by atomic mass is 9.96. The van der Waals surface area contributed by atoms with Crippen LogP contribution in [0.25, 0.3) is 11.4 Å². The van der Waals surface area contributed by atoms with Crippen molar-refractivity contribution >= 4 is 62.3 Å². The first kappa shape index (κ1) is 25.6. The third-order valence-corrected chi connectivity index (χ3v) is 7.74. The second-order valence-corrected chi connectivity index (χ2v) is 12.3. The number of nitrogens with zero attached hydrogens (tertiary/aromatic N) is 4. The third kappa shape index (κ3) is 5.85. The van der Waals surface area contributed by atoms with Crippen molar-refractivity contribution in [3.8, 4) is 11.4 Å². The van der Waals surface area contributed by atoms with E-state index in [0.29, 0.717) is 31.0 Å². The molecule has 0 atom stereocenters. The fourth-order valence-electron chi connectivity index (χ4n) is 3.14. The highest BCUT2D eigenvalue weighted by Crippen LogP contribution is 2.33. The molecule has 0 saturated heterocycles. The van der Waals surface area contributed by atoms with E-state index in [-0.39, 0.29) is 18.3 Å². The maximum absolute atomic E-state index is 13.2. The van der Waals surface area contributed by atoms with Crippen molar-refractivity contribution in [2.75, 3.05) is 0 Å². The molecule has 0 saturated carbocycles. The molecular weight excluding hydrogens is 576 g/mol. The van der Waals surface area contributed by atoms with Gasteiger partial charge in [0, 0.05) is 32.7 Å². The number of thiophene rings is 1. The van der Waals surface area contributed by atoms with Crippen LogP contribution >= 0.6 is 50.6 Å². The number of oxazole rings is 1. The predicted molar refractivity (Wildman–Crippen MR) is 139 cm³/mol. The van der Waals surface area contributed by atoms with Gasteiger partial charge in [-0.3, -0.25) is 19.0 Å². The molecule has 182 valence electrons.